The maximum absolute atomic E-state index is 11.0. The molecule has 0 amide bonds. The van der Waals surface area contributed by atoms with E-state index in [0.29, 0.717) is 42.9 Å². The van der Waals surface area contributed by atoms with Crippen molar-refractivity contribution in [2.45, 2.75) is 62.1 Å². The molecule has 0 aromatic heterocycles. The van der Waals surface area contributed by atoms with Crippen LogP contribution in [0.5, 0.6) is 28.7 Å². The molecule has 3 heterocycles. The zero-order chi connectivity index (χ0) is 29.7. The molecule has 1 saturated heterocycles. The van der Waals surface area contributed by atoms with Gasteiger partial charge in [0.1, 0.15) is 30.2 Å². The molecule has 0 aliphatic carbocycles. The van der Waals surface area contributed by atoms with Crippen molar-refractivity contribution in [3.63, 3.8) is 0 Å². The highest BCUT2D eigenvalue weighted by Gasteiger charge is 2.45. The lowest BCUT2D eigenvalue weighted by Crippen LogP contribution is -2.60. The van der Waals surface area contributed by atoms with Crippen molar-refractivity contribution in [2.24, 2.45) is 0 Å². The van der Waals surface area contributed by atoms with Crippen LogP contribution in [0.1, 0.15) is 39.9 Å². The molecule has 0 radical (unpaired) electrons. The zero-order valence-electron chi connectivity index (χ0n) is 23.0. The topological polar surface area (TPSA) is 173 Å². The first-order valence-corrected chi connectivity index (χ1v) is 14.0. The fourth-order valence-corrected chi connectivity index (χ4v) is 6.51. The van der Waals surface area contributed by atoms with E-state index in [4.69, 9.17) is 14.2 Å². The Morgan fingerprint density at radius 1 is 0.905 bits per heavy atom. The molecule has 3 aromatic rings. The lowest BCUT2D eigenvalue weighted by atomic mass is 9.78. The number of benzene rings is 3. The molecule has 0 bridgehead atoms. The molecule has 7 N–H and O–H groups in total. The van der Waals surface area contributed by atoms with Crippen molar-refractivity contribution >= 4 is 0 Å². The Morgan fingerprint density at radius 2 is 1.67 bits per heavy atom. The number of aliphatic hydroxyl groups is 4. The van der Waals surface area contributed by atoms with Crippen LogP contribution in [0.25, 0.3) is 0 Å². The van der Waals surface area contributed by atoms with Gasteiger partial charge >= 0.3 is 0 Å². The summed E-state index contributed by atoms with van der Waals surface area (Å²) in [5, 5.41) is 71.5. The number of hydrogen-bond acceptors (Lipinski definition) is 11. The molecule has 0 spiro atoms. The van der Waals surface area contributed by atoms with Crippen molar-refractivity contribution in [1.29, 1.82) is 0 Å². The third-order valence-electron chi connectivity index (χ3n) is 8.73. The quantitative estimate of drug-likeness (QED) is 0.210. The van der Waals surface area contributed by atoms with Crippen LogP contribution in [-0.2, 0) is 24.0 Å². The van der Waals surface area contributed by atoms with E-state index in [2.05, 4.69) is 4.90 Å². The molecule has 6 rings (SSSR count). The Kier molecular flexibility index (Phi) is 7.64. The number of aromatic hydroxyl groups is 3. The highest BCUT2D eigenvalue weighted by molar-refractivity contribution is 5.55. The summed E-state index contributed by atoms with van der Waals surface area (Å²) in [7, 11) is 1.52. The lowest BCUT2D eigenvalue weighted by Gasteiger charge is -2.47. The summed E-state index contributed by atoms with van der Waals surface area (Å²) in [6, 6.07) is 13.8. The van der Waals surface area contributed by atoms with Gasteiger partial charge < -0.3 is 50.0 Å². The minimum Gasteiger partial charge on any atom is -0.504 e. The summed E-state index contributed by atoms with van der Waals surface area (Å²) in [4.78, 5) is 2.32. The predicted molar refractivity (Wildman–Crippen MR) is 149 cm³/mol. The number of fused-ring (bicyclic) bond motifs is 4. The smallest absolute Gasteiger partial charge is 0.229 e. The number of methoxy groups -OCH3 is 1. The van der Waals surface area contributed by atoms with Gasteiger partial charge in [0.25, 0.3) is 0 Å². The molecule has 7 atom stereocenters. The molecule has 3 aliphatic heterocycles. The highest BCUT2D eigenvalue weighted by atomic mass is 16.7. The van der Waals surface area contributed by atoms with E-state index in [1.54, 1.807) is 18.2 Å². The molecule has 11 nitrogen and oxygen atoms in total. The van der Waals surface area contributed by atoms with E-state index >= 15 is 0 Å². The van der Waals surface area contributed by atoms with Gasteiger partial charge in [0.05, 0.1) is 13.7 Å². The normalized spacial score (nSPS) is 28.8. The molecule has 42 heavy (non-hydrogen) atoms. The van der Waals surface area contributed by atoms with Crippen LogP contribution >= 0.6 is 0 Å². The van der Waals surface area contributed by atoms with Gasteiger partial charge in [0, 0.05) is 24.2 Å². The maximum Gasteiger partial charge on any atom is 0.229 e. The Morgan fingerprint density at radius 3 is 2.38 bits per heavy atom. The predicted octanol–water partition coefficient (Wildman–Crippen LogP) is 1.43. The fourth-order valence-electron chi connectivity index (χ4n) is 6.51. The second-order valence-electron chi connectivity index (χ2n) is 11.1. The van der Waals surface area contributed by atoms with Gasteiger partial charge in [-0.2, -0.15) is 0 Å². The van der Waals surface area contributed by atoms with Crippen LogP contribution in [0.15, 0.2) is 48.5 Å². The van der Waals surface area contributed by atoms with E-state index in [0.717, 1.165) is 22.3 Å². The van der Waals surface area contributed by atoms with E-state index < -0.39 is 37.3 Å². The molecule has 224 valence electrons. The van der Waals surface area contributed by atoms with Crippen LogP contribution in [0.3, 0.4) is 0 Å². The van der Waals surface area contributed by atoms with Crippen molar-refractivity contribution in [3.05, 3.63) is 76.3 Å². The number of phenols is 3. The Hall–Kier alpha value is -3.58. The molecule has 11 heteroatoms. The highest BCUT2D eigenvalue weighted by Crippen LogP contribution is 2.50. The van der Waals surface area contributed by atoms with E-state index in [9.17, 15) is 35.7 Å². The average molecular weight is 582 g/mol. The van der Waals surface area contributed by atoms with E-state index in [-0.39, 0.29) is 29.3 Å². The minimum atomic E-state index is -1.54. The lowest BCUT2D eigenvalue weighted by molar-refractivity contribution is -0.277. The van der Waals surface area contributed by atoms with Gasteiger partial charge in [-0.3, -0.25) is 4.90 Å². The second kappa shape index (κ2) is 11.3. The van der Waals surface area contributed by atoms with Gasteiger partial charge in [-0.25, -0.2) is 0 Å². The number of aliphatic hydroxyl groups excluding tert-OH is 4. The molecular weight excluding hydrogens is 546 g/mol. The molecular formula is C31H35NO10. The third kappa shape index (κ3) is 4.91. The zero-order valence-corrected chi connectivity index (χ0v) is 23.0. The summed E-state index contributed by atoms with van der Waals surface area (Å²) in [6.07, 6.45) is -5.08. The van der Waals surface area contributed by atoms with Crippen molar-refractivity contribution < 1.29 is 50.0 Å². The number of hydrogen-bond donors (Lipinski definition) is 7. The van der Waals surface area contributed by atoms with Crippen molar-refractivity contribution in [2.75, 3.05) is 20.3 Å². The standard InChI is InChI=1S/C31H35NO10/c1-40-24-13-19-16(12-23(24)35)8-9-32-20(19)11-17-4-7-22(34)27(36)26(17)21(32)10-15-2-5-18(6-3-15)41-31-30(39)29(38)28(37)25(14-33)42-31/h2-7,12-13,20-21,25,28-31,33-39H,8-11,14H2,1H3/t20-,21+,25-,28-,29-,30-,31-/m0/s1. The van der Waals surface area contributed by atoms with Gasteiger partial charge in [0.2, 0.25) is 6.29 Å². The Bertz CT molecular complexity index is 1440. The van der Waals surface area contributed by atoms with Crippen LogP contribution in [0.2, 0.25) is 0 Å². The summed E-state index contributed by atoms with van der Waals surface area (Å²) in [6.45, 7) is 0.131. The molecule has 3 aromatic carbocycles. The number of phenolic OH excluding ortho intramolecular Hbond substituents is 3. The molecule has 3 aliphatic rings. The van der Waals surface area contributed by atoms with Crippen LogP contribution in [0.4, 0.5) is 0 Å². The summed E-state index contributed by atoms with van der Waals surface area (Å²) in [5.41, 5.74) is 4.64. The van der Waals surface area contributed by atoms with Crippen molar-refractivity contribution in [1.82, 2.24) is 4.90 Å². The van der Waals surface area contributed by atoms with Crippen LogP contribution in [-0.4, -0.2) is 91.6 Å². The average Bonchev–Trinajstić information content (AvgIpc) is 2.99. The SMILES string of the molecule is COc1cc2c(cc1O)CCN1[C@H](Cc3ccc(O[C@H]4O[C@@H](CO)[C@H](O)[C@H](O)[C@@H]4O)cc3)c3c(ccc(O)c3O)C[C@@H]21. The van der Waals surface area contributed by atoms with Crippen LogP contribution in [0, 0.1) is 0 Å². The fraction of sp³-hybridized carbons (Fsp3) is 0.419. The van der Waals surface area contributed by atoms with Crippen molar-refractivity contribution in [3.8, 4) is 28.7 Å². The molecule has 1 fully saturated rings. The number of ether oxygens (including phenoxy) is 3. The Labute approximate surface area is 242 Å². The monoisotopic (exact) mass is 581 g/mol. The largest absolute Gasteiger partial charge is 0.504 e. The summed E-state index contributed by atoms with van der Waals surface area (Å²) < 4.78 is 16.6. The summed E-state index contributed by atoms with van der Waals surface area (Å²) >= 11 is 0. The first-order valence-electron chi connectivity index (χ1n) is 14.0. The Balaban J connectivity index is 1.28. The van der Waals surface area contributed by atoms with Gasteiger partial charge in [-0.1, -0.05) is 18.2 Å². The number of rotatable bonds is 6. The second-order valence-corrected chi connectivity index (χ2v) is 11.1. The van der Waals surface area contributed by atoms with E-state index in [1.807, 2.05) is 24.3 Å². The maximum atomic E-state index is 11.0. The molecule has 0 saturated carbocycles. The third-order valence-corrected chi connectivity index (χ3v) is 8.73. The molecule has 0 unspecified atom stereocenters. The van der Waals surface area contributed by atoms with Gasteiger partial charge in [-0.05, 0) is 71.8 Å². The van der Waals surface area contributed by atoms with Crippen LogP contribution < -0.4 is 9.47 Å². The minimum absolute atomic E-state index is 0.0292. The van der Waals surface area contributed by atoms with E-state index in [1.165, 1.54) is 13.2 Å². The first kappa shape index (κ1) is 28.5. The number of nitrogens with zero attached hydrogens (tertiary/aromatic N) is 1. The summed E-state index contributed by atoms with van der Waals surface area (Å²) in [5.74, 6) is 0.550. The first-order chi connectivity index (χ1) is 20.2. The van der Waals surface area contributed by atoms with Gasteiger partial charge in [0.15, 0.2) is 23.0 Å². The van der Waals surface area contributed by atoms with Gasteiger partial charge in [-0.15, -0.1) is 0 Å².